The summed E-state index contributed by atoms with van der Waals surface area (Å²) in [6.07, 6.45) is 3.89. The summed E-state index contributed by atoms with van der Waals surface area (Å²) in [6.45, 7) is 0.126. The SMILES string of the molecule is C=[P+]1PN(NN)P1. The van der Waals surface area contributed by atoms with E-state index in [-0.39, 0.29) is 6.92 Å². The molecule has 6 heteroatoms. The molecular weight excluding hydrogens is 147 g/mol. The van der Waals surface area contributed by atoms with Gasteiger partial charge in [0.2, 0.25) is 16.8 Å². The van der Waals surface area contributed by atoms with Crippen LogP contribution in [0.1, 0.15) is 0 Å². The Labute approximate surface area is 46.8 Å². The predicted molar refractivity (Wildman–Crippen MR) is 39.8 cm³/mol. The normalized spacial score (nSPS) is 34.1. The Kier molecular flexibility index (Phi) is 2.12. The lowest BCUT2D eigenvalue weighted by atomic mass is 12.0. The molecule has 1 aliphatic heterocycles. The largest absolute Gasteiger partial charge is 0.257 e. The Bertz CT molecular complexity index is 84.2. The second-order valence-corrected chi connectivity index (χ2v) is 9.47. The minimum atomic E-state index is 0.126. The number of hydrogen-bond donors (Lipinski definition) is 2. The van der Waals surface area contributed by atoms with Crippen LogP contribution in [0.25, 0.3) is 0 Å². The van der Waals surface area contributed by atoms with Crippen molar-refractivity contribution in [1.29, 1.82) is 0 Å². The van der Waals surface area contributed by atoms with E-state index in [0.717, 1.165) is 16.8 Å². The fourth-order valence-corrected chi connectivity index (χ4v) is 5.77. The molecule has 1 heterocycles. The van der Waals surface area contributed by atoms with Crippen LogP contribution in [0.3, 0.4) is 0 Å². The summed E-state index contributed by atoms with van der Waals surface area (Å²) < 4.78 is 2.00. The molecule has 0 amide bonds. The zero-order chi connectivity index (χ0) is 5.28. The highest BCUT2D eigenvalue weighted by Gasteiger charge is 2.29. The third-order valence-electron chi connectivity index (χ3n) is 0.571. The summed E-state index contributed by atoms with van der Waals surface area (Å²) in [4.78, 5) is 0. The lowest BCUT2D eigenvalue weighted by molar-refractivity contribution is 0.549. The standard InChI is InChI=1S/CH7N3P3/c1-7-5-4(3-2)6-7/h3,5-6H,1-2H2/q+1. The molecule has 0 aromatic rings. The van der Waals surface area contributed by atoms with E-state index >= 15 is 0 Å². The first-order valence-corrected chi connectivity index (χ1v) is 6.83. The van der Waals surface area contributed by atoms with Gasteiger partial charge < -0.3 is 0 Å². The first kappa shape index (κ1) is 6.04. The first-order valence-electron chi connectivity index (χ1n) is 1.72. The Morgan fingerprint density at radius 1 is 1.71 bits per heavy atom. The van der Waals surface area contributed by atoms with Crippen LogP contribution in [-0.2, 0) is 0 Å². The molecule has 7 heavy (non-hydrogen) atoms. The molecule has 0 bridgehead atoms. The minimum Gasteiger partial charge on any atom is -0.257 e. The topological polar surface area (TPSA) is 41.3 Å². The number of hydrazine groups is 2. The van der Waals surface area contributed by atoms with Crippen LogP contribution < -0.4 is 11.4 Å². The van der Waals surface area contributed by atoms with Crippen molar-refractivity contribution in [2.24, 2.45) is 5.84 Å². The molecule has 0 aliphatic carbocycles. The van der Waals surface area contributed by atoms with Crippen molar-refractivity contribution >= 4 is 30.1 Å². The Balaban J connectivity index is 2.17. The van der Waals surface area contributed by atoms with Crippen LogP contribution in [-0.4, -0.2) is 10.8 Å². The summed E-state index contributed by atoms with van der Waals surface area (Å²) >= 11 is 0. The molecule has 0 radical (unpaired) electrons. The van der Waals surface area contributed by atoms with Gasteiger partial charge in [-0.1, -0.05) is 0 Å². The van der Waals surface area contributed by atoms with Crippen LogP contribution in [0.15, 0.2) is 0 Å². The number of nitrogens with zero attached hydrogens (tertiary/aromatic N) is 1. The smallest absolute Gasteiger partial charge is 0.201 e. The van der Waals surface area contributed by atoms with E-state index in [0.29, 0.717) is 0 Å². The van der Waals surface area contributed by atoms with Gasteiger partial charge in [-0.05, 0) is 0 Å². The molecule has 1 aliphatic rings. The molecule has 0 aromatic heterocycles. The number of hydrogen-bond acceptors (Lipinski definition) is 3. The zero-order valence-corrected chi connectivity index (χ0v) is 6.57. The highest BCUT2D eigenvalue weighted by Crippen LogP contribution is 2.75. The highest BCUT2D eigenvalue weighted by molar-refractivity contribution is 8.56. The van der Waals surface area contributed by atoms with Gasteiger partial charge in [0.25, 0.3) is 0 Å². The van der Waals surface area contributed by atoms with Crippen LogP contribution in [0.4, 0.5) is 0 Å². The molecule has 2 unspecified atom stereocenters. The van der Waals surface area contributed by atoms with Crippen molar-refractivity contribution in [2.45, 2.75) is 0 Å². The second kappa shape index (κ2) is 2.46. The third kappa shape index (κ3) is 1.40. The summed E-state index contributed by atoms with van der Waals surface area (Å²) in [7, 11) is 1.70. The van der Waals surface area contributed by atoms with Gasteiger partial charge in [0, 0.05) is 0 Å². The van der Waals surface area contributed by atoms with E-state index < -0.39 is 0 Å². The van der Waals surface area contributed by atoms with E-state index in [4.69, 9.17) is 5.84 Å². The number of rotatable bonds is 1. The van der Waals surface area contributed by atoms with Gasteiger partial charge in [0.1, 0.15) is 0 Å². The Morgan fingerprint density at radius 3 is 2.43 bits per heavy atom. The van der Waals surface area contributed by atoms with E-state index in [9.17, 15) is 0 Å². The quantitative estimate of drug-likeness (QED) is 0.330. The Hall–Kier alpha value is 0.910. The average Bonchev–Trinajstić information content (AvgIpc) is 1.58. The maximum Gasteiger partial charge on any atom is 0.201 e. The molecule has 0 saturated carbocycles. The lowest BCUT2D eigenvalue weighted by Crippen LogP contribution is -2.32. The van der Waals surface area contributed by atoms with Gasteiger partial charge in [-0.25, -0.2) is 0 Å². The first-order chi connectivity index (χ1) is 3.33. The van der Waals surface area contributed by atoms with Crippen molar-refractivity contribution in [3.8, 4) is 0 Å². The van der Waals surface area contributed by atoms with Crippen molar-refractivity contribution in [2.75, 3.05) is 0 Å². The average molecular weight is 154 g/mol. The van der Waals surface area contributed by atoms with E-state index in [2.05, 4.69) is 11.8 Å². The zero-order valence-electron chi connectivity index (χ0n) is 3.68. The van der Waals surface area contributed by atoms with Crippen molar-refractivity contribution in [3.05, 3.63) is 0 Å². The minimum absolute atomic E-state index is 0.126. The van der Waals surface area contributed by atoms with Gasteiger partial charge in [-0.3, -0.25) is 5.84 Å². The van der Waals surface area contributed by atoms with Gasteiger partial charge in [-0.2, -0.15) is 5.53 Å². The fourth-order valence-electron chi connectivity index (χ4n) is 0.299. The van der Waals surface area contributed by atoms with E-state index in [1.165, 1.54) is 0 Å². The van der Waals surface area contributed by atoms with Crippen LogP contribution >= 0.6 is 23.8 Å². The van der Waals surface area contributed by atoms with Crippen molar-refractivity contribution in [1.82, 2.24) is 10.1 Å². The summed E-state index contributed by atoms with van der Waals surface area (Å²) in [5.41, 5.74) is 2.57. The molecule has 2 atom stereocenters. The molecule has 0 spiro atoms. The van der Waals surface area contributed by atoms with Gasteiger partial charge in [-0.15, -0.1) is 4.55 Å². The molecule has 0 aromatic carbocycles. The highest BCUT2D eigenvalue weighted by atomic mass is 32.5. The monoisotopic (exact) mass is 154 g/mol. The summed E-state index contributed by atoms with van der Waals surface area (Å²) in [5.74, 6) is 5.07. The molecule has 1 rings (SSSR count). The third-order valence-corrected chi connectivity index (χ3v) is 7.96. The van der Waals surface area contributed by atoms with Crippen LogP contribution in [0.5, 0.6) is 0 Å². The Morgan fingerprint density at radius 2 is 2.29 bits per heavy atom. The fraction of sp³-hybridized carbons (Fsp3) is 0. The molecule has 3 nitrogen and oxygen atoms in total. The second-order valence-electron chi connectivity index (χ2n) is 1.09. The van der Waals surface area contributed by atoms with E-state index in [1.54, 1.807) is 0 Å². The molecule has 1 saturated heterocycles. The van der Waals surface area contributed by atoms with Crippen molar-refractivity contribution < 1.29 is 0 Å². The van der Waals surface area contributed by atoms with E-state index in [1.807, 2.05) is 4.55 Å². The molecular formula is CH7N3P3+. The van der Waals surface area contributed by atoms with Crippen LogP contribution in [0.2, 0.25) is 0 Å². The summed E-state index contributed by atoms with van der Waals surface area (Å²) in [5, 5.41) is 0. The molecule has 3 N–H and O–H groups in total. The summed E-state index contributed by atoms with van der Waals surface area (Å²) in [6, 6.07) is 0. The molecule has 1 fully saturated rings. The predicted octanol–water partition coefficient (Wildman–Crippen LogP) is 0.611. The number of nitrogens with one attached hydrogen (secondary N) is 1. The van der Waals surface area contributed by atoms with Crippen molar-refractivity contribution in [3.63, 3.8) is 0 Å². The van der Waals surface area contributed by atoms with Gasteiger partial charge in [0.05, 0.1) is 6.30 Å². The maximum atomic E-state index is 5.07. The van der Waals surface area contributed by atoms with Crippen LogP contribution in [0, 0.1) is 0 Å². The van der Waals surface area contributed by atoms with Gasteiger partial charge >= 0.3 is 0 Å². The molecule has 40 valence electrons. The number of nitrogens with two attached hydrogens (primary N) is 1. The lowest BCUT2D eigenvalue weighted by Gasteiger charge is -2.18. The maximum absolute atomic E-state index is 5.07. The van der Waals surface area contributed by atoms with Gasteiger partial charge in [0.15, 0.2) is 6.92 Å².